The summed E-state index contributed by atoms with van der Waals surface area (Å²) in [6.45, 7) is 8.31. The number of rotatable bonds is 12. The van der Waals surface area contributed by atoms with E-state index in [-0.39, 0.29) is 31.1 Å². The molecule has 0 aliphatic heterocycles. The van der Waals surface area contributed by atoms with Crippen LogP contribution in [0.15, 0.2) is 72.9 Å². The quantitative estimate of drug-likeness (QED) is 0.350. The van der Waals surface area contributed by atoms with Gasteiger partial charge in [-0.2, -0.15) is 0 Å². The molecule has 36 heavy (non-hydrogen) atoms. The fourth-order valence-corrected chi connectivity index (χ4v) is 3.91. The minimum absolute atomic E-state index is 0.189. The van der Waals surface area contributed by atoms with Crippen molar-refractivity contribution in [1.82, 2.24) is 10.3 Å². The molecule has 0 aliphatic rings. The summed E-state index contributed by atoms with van der Waals surface area (Å²) in [6, 6.07) is 20.2. The van der Waals surface area contributed by atoms with Crippen LogP contribution in [0.1, 0.15) is 43.9 Å². The van der Waals surface area contributed by atoms with E-state index in [1.165, 1.54) is 0 Å². The van der Waals surface area contributed by atoms with E-state index in [0.29, 0.717) is 12.8 Å². The molecule has 0 fully saturated rings. The summed E-state index contributed by atoms with van der Waals surface area (Å²) in [5.41, 5.74) is 4.88. The highest BCUT2D eigenvalue weighted by Gasteiger charge is 2.29. The molecule has 1 N–H and O–H groups in total. The molecule has 0 spiro atoms. The van der Waals surface area contributed by atoms with Crippen molar-refractivity contribution in [3.8, 4) is 11.3 Å². The highest BCUT2D eigenvalue weighted by Crippen LogP contribution is 2.19. The zero-order chi connectivity index (χ0) is 25.9. The molecule has 0 radical (unpaired) electrons. The maximum absolute atomic E-state index is 13.0. The maximum Gasteiger partial charge on any atom is 0.323 e. The minimum Gasteiger partial charge on any atom is -0.465 e. The van der Waals surface area contributed by atoms with Crippen LogP contribution in [0, 0.1) is 12.8 Å². The SMILES string of the molecule is CCOC(=O)[C@H](Cc1ccc(-c2ccc(C)cn2)cc1)N[C@@H](CC(C)C)C(=O)OCc1ccccc1. The first-order valence-corrected chi connectivity index (χ1v) is 12.5. The lowest BCUT2D eigenvalue weighted by molar-refractivity contribution is -0.150. The van der Waals surface area contributed by atoms with Gasteiger partial charge >= 0.3 is 11.9 Å². The van der Waals surface area contributed by atoms with Crippen LogP contribution in [0.3, 0.4) is 0 Å². The highest BCUT2D eigenvalue weighted by atomic mass is 16.5. The van der Waals surface area contributed by atoms with Crippen LogP contribution in [0.25, 0.3) is 11.3 Å². The molecule has 1 aromatic heterocycles. The third-order valence-electron chi connectivity index (χ3n) is 5.79. The lowest BCUT2D eigenvalue weighted by Gasteiger charge is -2.25. The third-order valence-corrected chi connectivity index (χ3v) is 5.79. The maximum atomic E-state index is 13.0. The Morgan fingerprint density at radius 3 is 2.17 bits per heavy atom. The molecule has 2 atom stereocenters. The van der Waals surface area contributed by atoms with Gasteiger partial charge in [0.1, 0.15) is 18.7 Å². The monoisotopic (exact) mass is 488 g/mol. The number of ether oxygens (including phenoxy) is 2. The lowest BCUT2D eigenvalue weighted by atomic mass is 9.99. The second kappa shape index (κ2) is 13.5. The van der Waals surface area contributed by atoms with E-state index in [2.05, 4.69) is 10.3 Å². The molecule has 6 nitrogen and oxygen atoms in total. The molecule has 0 aliphatic carbocycles. The number of carbonyl (C=O) groups excluding carboxylic acids is 2. The molecule has 190 valence electrons. The van der Waals surface area contributed by atoms with E-state index in [1.807, 2.05) is 93.7 Å². The third kappa shape index (κ3) is 8.31. The predicted octanol–water partition coefficient (Wildman–Crippen LogP) is 5.28. The Balaban J connectivity index is 1.72. The van der Waals surface area contributed by atoms with Crippen molar-refractivity contribution in [3.05, 3.63) is 89.6 Å². The van der Waals surface area contributed by atoms with E-state index >= 15 is 0 Å². The molecular formula is C30H36N2O4. The number of nitrogens with zero attached hydrogens (tertiary/aromatic N) is 1. The number of benzene rings is 2. The summed E-state index contributed by atoms with van der Waals surface area (Å²) in [4.78, 5) is 30.3. The fraction of sp³-hybridized carbons (Fsp3) is 0.367. The van der Waals surface area contributed by atoms with Crippen LogP contribution >= 0.6 is 0 Å². The van der Waals surface area contributed by atoms with Crippen LogP contribution in [0.2, 0.25) is 0 Å². The highest BCUT2D eigenvalue weighted by molar-refractivity contribution is 5.80. The normalized spacial score (nSPS) is 12.7. The van der Waals surface area contributed by atoms with Crippen molar-refractivity contribution in [3.63, 3.8) is 0 Å². The molecule has 0 saturated heterocycles. The average Bonchev–Trinajstić information content (AvgIpc) is 2.88. The van der Waals surface area contributed by atoms with Gasteiger partial charge in [-0.15, -0.1) is 0 Å². The Hall–Kier alpha value is -3.51. The van der Waals surface area contributed by atoms with E-state index in [9.17, 15) is 9.59 Å². The van der Waals surface area contributed by atoms with Crippen LogP contribution in [-0.2, 0) is 32.1 Å². The fourth-order valence-electron chi connectivity index (χ4n) is 3.91. The van der Waals surface area contributed by atoms with Gasteiger partial charge in [0.15, 0.2) is 0 Å². The van der Waals surface area contributed by atoms with Gasteiger partial charge in [0, 0.05) is 11.8 Å². The van der Waals surface area contributed by atoms with Crippen molar-refractivity contribution in [2.75, 3.05) is 6.61 Å². The number of aromatic nitrogens is 1. The first kappa shape index (κ1) is 27.1. The Morgan fingerprint density at radius 1 is 0.861 bits per heavy atom. The van der Waals surface area contributed by atoms with Gasteiger partial charge in [-0.05, 0) is 55.4 Å². The van der Waals surface area contributed by atoms with Gasteiger partial charge in [0.2, 0.25) is 0 Å². The Labute approximate surface area is 214 Å². The molecule has 0 unspecified atom stereocenters. The van der Waals surface area contributed by atoms with E-state index in [1.54, 1.807) is 6.92 Å². The summed E-state index contributed by atoms with van der Waals surface area (Å²) < 4.78 is 10.9. The molecule has 0 amide bonds. The molecule has 0 bridgehead atoms. The van der Waals surface area contributed by atoms with Gasteiger partial charge in [0.25, 0.3) is 0 Å². The number of carbonyl (C=O) groups is 2. The number of hydrogen-bond acceptors (Lipinski definition) is 6. The molecule has 3 aromatic rings. The molecule has 1 heterocycles. The second-order valence-corrected chi connectivity index (χ2v) is 9.37. The largest absolute Gasteiger partial charge is 0.465 e. The van der Waals surface area contributed by atoms with Gasteiger partial charge in [-0.25, -0.2) is 0 Å². The number of aryl methyl sites for hydroxylation is 1. The van der Waals surface area contributed by atoms with Crippen LogP contribution in [-0.4, -0.2) is 35.6 Å². The molecule has 0 saturated carbocycles. The standard InChI is InChI=1S/C30H36N2O4/c1-5-35-29(33)28(18-23-12-14-25(15-13-23)26-16-11-22(4)19-31-26)32-27(17-21(2)3)30(34)36-20-24-9-7-6-8-10-24/h6-16,19,21,27-28,32H,5,17-18,20H2,1-4H3/t27-,28-/m0/s1. The van der Waals surface area contributed by atoms with Crippen LogP contribution in [0.4, 0.5) is 0 Å². The van der Waals surface area contributed by atoms with Crippen molar-refractivity contribution in [1.29, 1.82) is 0 Å². The van der Waals surface area contributed by atoms with Gasteiger partial charge in [0.05, 0.1) is 12.3 Å². The molecule has 3 rings (SSSR count). The number of nitrogens with one attached hydrogen (secondary N) is 1. The molecular weight excluding hydrogens is 452 g/mol. The van der Waals surface area contributed by atoms with E-state index in [4.69, 9.17) is 9.47 Å². The lowest BCUT2D eigenvalue weighted by Crippen LogP contribution is -2.50. The summed E-state index contributed by atoms with van der Waals surface area (Å²) in [5.74, 6) is -0.523. The van der Waals surface area contributed by atoms with Crippen molar-refractivity contribution >= 4 is 11.9 Å². The zero-order valence-corrected chi connectivity index (χ0v) is 21.6. The van der Waals surface area contributed by atoms with Gasteiger partial charge in [-0.3, -0.25) is 19.9 Å². The average molecular weight is 489 g/mol. The Morgan fingerprint density at radius 2 is 1.56 bits per heavy atom. The van der Waals surface area contributed by atoms with Gasteiger partial charge in [-0.1, -0.05) is 74.5 Å². The number of hydrogen-bond donors (Lipinski definition) is 1. The van der Waals surface area contributed by atoms with Gasteiger partial charge < -0.3 is 9.47 Å². The smallest absolute Gasteiger partial charge is 0.323 e. The summed E-state index contributed by atoms with van der Waals surface area (Å²) >= 11 is 0. The number of pyridine rings is 1. The van der Waals surface area contributed by atoms with E-state index < -0.39 is 12.1 Å². The first-order valence-electron chi connectivity index (χ1n) is 12.5. The summed E-state index contributed by atoms with van der Waals surface area (Å²) in [7, 11) is 0. The van der Waals surface area contributed by atoms with Crippen LogP contribution < -0.4 is 5.32 Å². The zero-order valence-electron chi connectivity index (χ0n) is 21.6. The van der Waals surface area contributed by atoms with Crippen molar-refractivity contribution in [2.45, 2.75) is 59.2 Å². The summed E-state index contributed by atoms with van der Waals surface area (Å²) in [5, 5.41) is 3.25. The topological polar surface area (TPSA) is 77.5 Å². The Kier molecular flexibility index (Phi) is 10.2. The Bertz CT molecular complexity index is 1100. The number of esters is 2. The minimum atomic E-state index is -0.679. The second-order valence-electron chi connectivity index (χ2n) is 9.37. The molecule has 6 heteroatoms. The van der Waals surface area contributed by atoms with Crippen LogP contribution in [0.5, 0.6) is 0 Å². The summed E-state index contributed by atoms with van der Waals surface area (Å²) in [6.07, 6.45) is 2.78. The van der Waals surface area contributed by atoms with E-state index in [0.717, 1.165) is 27.9 Å². The van der Waals surface area contributed by atoms with Crippen molar-refractivity contribution in [2.24, 2.45) is 5.92 Å². The molecule has 2 aromatic carbocycles. The predicted molar refractivity (Wildman–Crippen MR) is 141 cm³/mol. The van der Waals surface area contributed by atoms with Crippen molar-refractivity contribution < 1.29 is 19.1 Å². The first-order chi connectivity index (χ1) is 17.4.